The zero-order valence-electron chi connectivity index (χ0n) is 18.6. The Morgan fingerprint density at radius 2 is 1.78 bits per heavy atom. The van der Waals surface area contributed by atoms with E-state index in [-0.39, 0.29) is 11.2 Å². The van der Waals surface area contributed by atoms with Crippen LogP contribution in [0.5, 0.6) is 5.75 Å². The number of fused-ring (bicyclic) bond motifs is 9. The molecule has 0 spiro atoms. The first-order valence-corrected chi connectivity index (χ1v) is 11.4. The van der Waals surface area contributed by atoms with Crippen molar-refractivity contribution in [2.45, 2.75) is 51.6 Å². The molecule has 1 saturated carbocycles. The van der Waals surface area contributed by atoms with Crippen molar-refractivity contribution in [3.8, 4) is 5.75 Å². The van der Waals surface area contributed by atoms with Crippen molar-refractivity contribution in [3.63, 3.8) is 0 Å². The first-order chi connectivity index (χ1) is 15.3. The van der Waals surface area contributed by atoms with Gasteiger partial charge in [0.25, 0.3) is 0 Å². The Morgan fingerprint density at radius 1 is 1.03 bits per heavy atom. The molecule has 2 heterocycles. The lowest BCUT2D eigenvalue weighted by Gasteiger charge is -2.49. The molecule has 3 aromatic carbocycles. The van der Waals surface area contributed by atoms with Crippen LogP contribution in [-0.4, -0.2) is 26.6 Å². The van der Waals surface area contributed by atoms with Crippen molar-refractivity contribution >= 4 is 38.8 Å². The summed E-state index contributed by atoms with van der Waals surface area (Å²) < 4.78 is 6.76. The molecule has 6 rings (SSSR count). The second-order valence-electron chi connectivity index (χ2n) is 10.1. The maximum absolute atomic E-state index is 11.5. The van der Waals surface area contributed by atoms with Crippen LogP contribution in [0.1, 0.15) is 61.9 Å². The highest BCUT2D eigenvalue weighted by molar-refractivity contribution is 6.11. The van der Waals surface area contributed by atoms with Crippen molar-refractivity contribution in [2.24, 2.45) is 11.8 Å². The van der Waals surface area contributed by atoms with Crippen LogP contribution in [0, 0.1) is 11.8 Å². The zero-order valence-corrected chi connectivity index (χ0v) is 18.6. The number of ether oxygens (including phenoxy) is 1. The van der Waals surface area contributed by atoms with Gasteiger partial charge in [-0.2, -0.15) is 0 Å². The molecule has 0 bridgehead atoms. The predicted octanol–water partition coefficient (Wildman–Crippen LogP) is 6.33. The second-order valence-corrected chi connectivity index (χ2v) is 10.1. The Balaban J connectivity index is 1.75. The Bertz CT molecular complexity index is 1430. The Labute approximate surface area is 186 Å². The molecule has 1 aromatic heterocycles. The summed E-state index contributed by atoms with van der Waals surface area (Å²) in [6, 6.07) is 13.2. The summed E-state index contributed by atoms with van der Waals surface area (Å²) in [6.07, 6.45) is 3.45. The molecule has 1 N–H and O–H groups in total. The van der Waals surface area contributed by atoms with E-state index in [9.17, 15) is 9.90 Å². The van der Waals surface area contributed by atoms with E-state index in [2.05, 4.69) is 32.9 Å². The zero-order chi connectivity index (χ0) is 22.2. The first-order valence-electron chi connectivity index (χ1n) is 11.4. The molecule has 32 heavy (non-hydrogen) atoms. The summed E-state index contributed by atoms with van der Waals surface area (Å²) >= 11 is 0. The van der Waals surface area contributed by atoms with E-state index in [4.69, 9.17) is 14.7 Å². The van der Waals surface area contributed by atoms with Gasteiger partial charge in [-0.25, -0.2) is 14.8 Å². The van der Waals surface area contributed by atoms with Gasteiger partial charge >= 0.3 is 5.97 Å². The molecule has 1 aliphatic carbocycles. The van der Waals surface area contributed by atoms with Gasteiger partial charge in [0.2, 0.25) is 0 Å². The van der Waals surface area contributed by atoms with E-state index in [0.29, 0.717) is 28.8 Å². The summed E-state index contributed by atoms with van der Waals surface area (Å²) in [7, 11) is 0. The highest BCUT2D eigenvalue weighted by atomic mass is 16.5. The van der Waals surface area contributed by atoms with Crippen LogP contribution in [0.2, 0.25) is 0 Å². The number of rotatable bonds is 1. The second kappa shape index (κ2) is 6.64. The third-order valence-corrected chi connectivity index (χ3v) is 7.58. The third kappa shape index (κ3) is 2.73. The molecular formula is C27H26N2O3. The fraction of sp³-hybridized carbons (Fsp3) is 0.370. The molecule has 0 radical (unpaired) electrons. The monoisotopic (exact) mass is 426 g/mol. The number of carboxylic acids is 1. The summed E-state index contributed by atoms with van der Waals surface area (Å²) in [4.78, 5) is 21.6. The van der Waals surface area contributed by atoms with E-state index in [0.717, 1.165) is 46.0 Å². The molecule has 0 saturated heterocycles. The first kappa shape index (κ1) is 19.5. The van der Waals surface area contributed by atoms with Crippen molar-refractivity contribution in [1.82, 2.24) is 9.97 Å². The van der Waals surface area contributed by atoms with E-state index < -0.39 is 5.97 Å². The summed E-state index contributed by atoms with van der Waals surface area (Å²) in [6.45, 7) is 6.77. The van der Waals surface area contributed by atoms with Crippen LogP contribution >= 0.6 is 0 Å². The summed E-state index contributed by atoms with van der Waals surface area (Å²) in [5, 5.41) is 11.6. The van der Waals surface area contributed by atoms with Crippen molar-refractivity contribution in [3.05, 3.63) is 53.6 Å². The van der Waals surface area contributed by atoms with Gasteiger partial charge in [-0.05, 0) is 56.7 Å². The number of hydrogen-bond acceptors (Lipinski definition) is 4. The maximum Gasteiger partial charge on any atom is 0.335 e. The number of aromatic nitrogens is 2. The van der Waals surface area contributed by atoms with Gasteiger partial charge in [-0.3, -0.25) is 0 Å². The van der Waals surface area contributed by atoms with Crippen LogP contribution in [0.4, 0.5) is 0 Å². The number of benzene rings is 3. The molecule has 0 unspecified atom stereocenters. The molecule has 4 aromatic rings. The number of carbonyl (C=O) groups is 1. The predicted molar refractivity (Wildman–Crippen MR) is 125 cm³/mol. The van der Waals surface area contributed by atoms with Gasteiger partial charge in [0, 0.05) is 22.3 Å². The fourth-order valence-corrected chi connectivity index (χ4v) is 6.03. The van der Waals surface area contributed by atoms with E-state index in [1.807, 2.05) is 12.1 Å². The van der Waals surface area contributed by atoms with Gasteiger partial charge in [-0.1, -0.05) is 37.6 Å². The molecule has 0 amide bonds. The Morgan fingerprint density at radius 3 is 2.56 bits per heavy atom. The minimum absolute atomic E-state index is 0.224. The van der Waals surface area contributed by atoms with Crippen LogP contribution in [0.25, 0.3) is 32.8 Å². The number of aromatic carboxylic acids is 1. The smallest absolute Gasteiger partial charge is 0.335 e. The standard InChI is InChI=1S/C27H26N2O3/c1-14-8-10-19-18(12-14)22-24-23(28-20-11-9-15(26(30)31)13-21(20)29-24)16-6-4-5-7-17(16)25(22)32-27(19,2)3/h4-7,9,11,13-14,18-19H,8,10,12H2,1-3H3,(H,30,31)/t14-,18-,19-/m0/s1. The van der Waals surface area contributed by atoms with E-state index >= 15 is 0 Å². The van der Waals surface area contributed by atoms with Crippen molar-refractivity contribution < 1.29 is 14.6 Å². The van der Waals surface area contributed by atoms with Crippen LogP contribution in [-0.2, 0) is 0 Å². The average Bonchev–Trinajstić information content (AvgIpc) is 2.77. The van der Waals surface area contributed by atoms with E-state index in [1.54, 1.807) is 18.2 Å². The van der Waals surface area contributed by atoms with Crippen LogP contribution in [0.3, 0.4) is 0 Å². The molecule has 1 fully saturated rings. The average molecular weight is 427 g/mol. The summed E-state index contributed by atoms with van der Waals surface area (Å²) in [5.74, 6) is 1.38. The molecule has 2 aliphatic rings. The summed E-state index contributed by atoms with van der Waals surface area (Å²) in [5.41, 5.74) is 4.17. The number of hydrogen-bond donors (Lipinski definition) is 1. The molecule has 1 aliphatic heterocycles. The quantitative estimate of drug-likeness (QED) is 0.285. The lowest BCUT2D eigenvalue weighted by Crippen LogP contribution is -2.46. The number of nitrogens with zero attached hydrogens (tertiary/aromatic N) is 2. The minimum atomic E-state index is -0.958. The van der Waals surface area contributed by atoms with Gasteiger partial charge in [0.1, 0.15) is 11.4 Å². The largest absolute Gasteiger partial charge is 0.487 e. The van der Waals surface area contributed by atoms with Crippen LogP contribution in [0.15, 0.2) is 42.5 Å². The Kier molecular flexibility index (Phi) is 4.04. The SMILES string of the molecule is C[C@H]1CC[C@H]2[C@H](C1)c1c(c3ccccc3c3nc4ccc(C(=O)O)cc4nc13)OC2(C)C. The van der Waals surface area contributed by atoms with Crippen molar-refractivity contribution in [1.29, 1.82) is 0 Å². The number of carboxylic acid groups (broad SMARTS) is 1. The Hall–Kier alpha value is -3.21. The van der Waals surface area contributed by atoms with Gasteiger partial charge in [0.05, 0.1) is 27.6 Å². The fourth-order valence-electron chi connectivity index (χ4n) is 6.03. The third-order valence-electron chi connectivity index (χ3n) is 7.58. The molecular weight excluding hydrogens is 400 g/mol. The maximum atomic E-state index is 11.5. The van der Waals surface area contributed by atoms with Gasteiger partial charge in [-0.15, -0.1) is 0 Å². The van der Waals surface area contributed by atoms with Gasteiger partial charge in [0.15, 0.2) is 0 Å². The van der Waals surface area contributed by atoms with Crippen molar-refractivity contribution in [2.75, 3.05) is 0 Å². The highest BCUT2D eigenvalue weighted by Gasteiger charge is 2.47. The van der Waals surface area contributed by atoms with Gasteiger partial charge < -0.3 is 9.84 Å². The van der Waals surface area contributed by atoms with E-state index in [1.165, 1.54) is 6.42 Å². The topological polar surface area (TPSA) is 72.3 Å². The molecule has 5 heteroatoms. The molecule has 162 valence electrons. The highest BCUT2D eigenvalue weighted by Crippen LogP contribution is 2.56. The normalized spacial score (nSPS) is 24.2. The minimum Gasteiger partial charge on any atom is -0.487 e. The molecule has 3 atom stereocenters. The van der Waals surface area contributed by atoms with Crippen LogP contribution < -0.4 is 4.74 Å². The lowest BCUT2D eigenvalue weighted by molar-refractivity contribution is -0.0115. The molecule has 5 nitrogen and oxygen atoms in total. The lowest BCUT2D eigenvalue weighted by atomic mass is 9.64.